The number of furan rings is 1. The third-order valence-corrected chi connectivity index (χ3v) is 3.40. The molecule has 15 heavy (non-hydrogen) atoms. The largest absolute Gasteiger partial charge is 0.449 e. The van der Waals surface area contributed by atoms with Gasteiger partial charge >= 0.3 is 0 Å². The number of nitrogens with one attached hydrogen (secondary N) is 1. The minimum Gasteiger partial charge on any atom is -0.449 e. The van der Waals surface area contributed by atoms with Crippen molar-refractivity contribution in [2.24, 2.45) is 0 Å². The van der Waals surface area contributed by atoms with Gasteiger partial charge in [0, 0.05) is 5.54 Å². The van der Waals surface area contributed by atoms with Gasteiger partial charge in [-0.15, -0.1) is 0 Å². The van der Waals surface area contributed by atoms with Gasteiger partial charge in [-0.05, 0) is 37.8 Å². The predicted octanol–water partition coefficient (Wildman–Crippen LogP) is 2.57. The molecule has 0 saturated heterocycles. The van der Waals surface area contributed by atoms with Gasteiger partial charge in [0.15, 0.2) is 0 Å². The van der Waals surface area contributed by atoms with E-state index in [1.54, 1.807) is 6.07 Å². The van der Waals surface area contributed by atoms with E-state index in [-0.39, 0.29) is 0 Å². The molecule has 0 atom stereocenters. The highest BCUT2D eigenvalue weighted by Gasteiger charge is 2.34. The zero-order valence-corrected chi connectivity index (χ0v) is 9.05. The Labute approximate surface area is 90.1 Å². The molecule has 1 aromatic heterocycles. The summed E-state index contributed by atoms with van der Waals surface area (Å²) < 4.78 is 5.32. The highest BCUT2D eigenvalue weighted by atomic mass is 16.3. The fraction of sp³-hybridized carbons (Fsp3) is 0.583. The van der Waals surface area contributed by atoms with Crippen molar-refractivity contribution in [2.45, 2.75) is 44.7 Å². The minimum absolute atomic E-state index is 0.333. The predicted molar refractivity (Wildman–Crippen MR) is 57.1 cm³/mol. The summed E-state index contributed by atoms with van der Waals surface area (Å²) in [7, 11) is 0. The van der Waals surface area contributed by atoms with Crippen molar-refractivity contribution in [1.29, 1.82) is 5.26 Å². The van der Waals surface area contributed by atoms with Crippen LogP contribution >= 0.6 is 0 Å². The first-order valence-electron chi connectivity index (χ1n) is 5.52. The minimum atomic E-state index is 0.333. The second kappa shape index (κ2) is 4.08. The van der Waals surface area contributed by atoms with Gasteiger partial charge in [-0.3, -0.25) is 0 Å². The molecular weight excluding hydrogens is 188 g/mol. The molecule has 0 spiro atoms. The summed E-state index contributed by atoms with van der Waals surface area (Å²) in [6, 6.07) is 5.58. The Bertz CT molecular complexity index is 366. The number of rotatable bonds is 4. The van der Waals surface area contributed by atoms with Crippen LogP contribution < -0.4 is 5.32 Å². The number of nitrogens with zero attached hydrogens (tertiary/aromatic N) is 1. The van der Waals surface area contributed by atoms with Crippen molar-refractivity contribution in [2.75, 3.05) is 0 Å². The highest BCUT2D eigenvalue weighted by Crippen LogP contribution is 2.34. The van der Waals surface area contributed by atoms with Gasteiger partial charge in [0.25, 0.3) is 0 Å². The Kier molecular flexibility index (Phi) is 2.79. The van der Waals surface area contributed by atoms with Crippen molar-refractivity contribution in [1.82, 2.24) is 5.32 Å². The van der Waals surface area contributed by atoms with E-state index in [0.29, 0.717) is 11.3 Å². The summed E-state index contributed by atoms with van der Waals surface area (Å²) >= 11 is 0. The van der Waals surface area contributed by atoms with Crippen LogP contribution in [0.4, 0.5) is 0 Å². The molecular formula is C12H16N2O. The van der Waals surface area contributed by atoms with Crippen LogP contribution in [-0.4, -0.2) is 5.54 Å². The average molecular weight is 204 g/mol. The molecule has 0 aliphatic heterocycles. The Hall–Kier alpha value is -1.27. The van der Waals surface area contributed by atoms with Crippen molar-refractivity contribution < 1.29 is 4.42 Å². The number of nitriles is 1. The molecule has 0 bridgehead atoms. The number of hydrogen-bond donors (Lipinski definition) is 1. The van der Waals surface area contributed by atoms with Crippen LogP contribution in [0.15, 0.2) is 16.5 Å². The lowest BCUT2D eigenvalue weighted by Crippen LogP contribution is -2.49. The summed E-state index contributed by atoms with van der Waals surface area (Å²) in [4.78, 5) is 0. The van der Waals surface area contributed by atoms with Crippen LogP contribution in [0.1, 0.15) is 44.1 Å². The molecule has 0 radical (unpaired) electrons. The van der Waals surface area contributed by atoms with Gasteiger partial charge in [0.05, 0.1) is 6.54 Å². The third kappa shape index (κ3) is 2.05. The zero-order chi connectivity index (χ0) is 10.7. The molecule has 0 unspecified atom stereocenters. The van der Waals surface area contributed by atoms with Crippen LogP contribution in [0.25, 0.3) is 0 Å². The summed E-state index contributed by atoms with van der Waals surface area (Å²) in [5.74, 6) is 1.25. The molecule has 3 nitrogen and oxygen atoms in total. The van der Waals surface area contributed by atoms with Gasteiger partial charge in [0.1, 0.15) is 11.8 Å². The van der Waals surface area contributed by atoms with Crippen molar-refractivity contribution in [3.05, 3.63) is 23.7 Å². The maximum atomic E-state index is 8.62. The Morgan fingerprint density at radius 1 is 1.53 bits per heavy atom. The van der Waals surface area contributed by atoms with E-state index in [0.717, 1.165) is 12.3 Å². The van der Waals surface area contributed by atoms with E-state index in [1.807, 2.05) is 12.1 Å². The lowest BCUT2D eigenvalue weighted by molar-refractivity contribution is 0.171. The smallest absolute Gasteiger partial charge is 0.203 e. The van der Waals surface area contributed by atoms with Gasteiger partial charge in [-0.25, -0.2) is 0 Å². The van der Waals surface area contributed by atoms with E-state index in [4.69, 9.17) is 9.68 Å². The standard InChI is InChI=1S/C12H16N2O/c1-2-12(6-3-7-12)14-9-11-5-4-10(8-13)15-11/h4-5,14H,2-3,6-7,9H2,1H3. The molecule has 1 aromatic rings. The van der Waals surface area contributed by atoms with Crippen LogP contribution in [0, 0.1) is 11.3 Å². The van der Waals surface area contributed by atoms with Gasteiger partial charge in [0.2, 0.25) is 5.76 Å². The molecule has 1 aliphatic carbocycles. The second-order valence-corrected chi connectivity index (χ2v) is 4.22. The SMILES string of the molecule is CCC1(NCc2ccc(C#N)o2)CCC1. The summed E-state index contributed by atoms with van der Waals surface area (Å²) in [5.41, 5.74) is 0.333. The van der Waals surface area contributed by atoms with Crippen LogP contribution in [0.2, 0.25) is 0 Å². The molecule has 0 aromatic carbocycles. The molecule has 2 rings (SSSR count). The highest BCUT2D eigenvalue weighted by molar-refractivity contribution is 5.19. The molecule has 1 fully saturated rings. The Morgan fingerprint density at radius 2 is 2.33 bits per heavy atom. The van der Waals surface area contributed by atoms with Crippen LogP contribution in [0.3, 0.4) is 0 Å². The van der Waals surface area contributed by atoms with E-state index in [1.165, 1.54) is 25.7 Å². The first-order chi connectivity index (χ1) is 7.28. The molecule has 1 heterocycles. The maximum Gasteiger partial charge on any atom is 0.203 e. The van der Waals surface area contributed by atoms with Crippen LogP contribution in [-0.2, 0) is 6.54 Å². The van der Waals surface area contributed by atoms with Gasteiger partial charge in [-0.2, -0.15) is 5.26 Å². The molecule has 3 heteroatoms. The lowest BCUT2D eigenvalue weighted by Gasteiger charge is -2.42. The van der Waals surface area contributed by atoms with E-state index in [2.05, 4.69) is 12.2 Å². The van der Waals surface area contributed by atoms with Crippen LogP contribution in [0.5, 0.6) is 0 Å². The summed E-state index contributed by atoms with van der Waals surface area (Å²) in [6.07, 6.45) is 5.01. The monoisotopic (exact) mass is 204 g/mol. The zero-order valence-electron chi connectivity index (χ0n) is 9.05. The van der Waals surface area contributed by atoms with E-state index < -0.39 is 0 Å². The second-order valence-electron chi connectivity index (χ2n) is 4.22. The first kappa shape index (κ1) is 10.3. The quantitative estimate of drug-likeness (QED) is 0.820. The molecule has 1 saturated carbocycles. The molecule has 1 aliphatic rings. The van der Waals surface area contributed by atoms with Gasteiger partial charge in [-0.1, -0.05) is 6.92 Å². The van der Waals surface area contributed by atoms with E-state index in [9.17, 15) is 0 Å². The normalized spacial score (nSPS) is 18.1. The molecule has 80 valence electrons. The fourth-order valence-electron chi connectivity index (χ4n) is 2.07. The first-order valence-corrected chi connectivity index (χ1v) is 5.52. The number of hydrogen-bond acceptors (Lipinski definition) is 3. The fourth-order valence-corrected chi connectivity index (χ4v) is 2.07. The van der Waals surface area contributed by atoms with Crippen molar-refractivity contribution in [3.8, 4) is 6.07 Å². The molecule has 0 amide bonds. The van der Waals surface area contributed by atoms with E-state index >= 15 is 0 Å². The third-order valence-electron chi connectivity index (χ3n) is 3.40. The Balaban J connectivity index is 1.90. The maximum absolute atomic E-state index is 8.62. The average Bonchev–Trinajstić information content (AvgIpc) is 2.65. The molecule has 1 N–H and O–H groups in total. The van der Waals surface area contributed by atoms with Crippen molar-refractivity contribution >= 4 is 0 Å². The lowest BCUT2D eigenvalue weighted by atomic mass is 9.75. The summed E-state index contributed by atoms with van der Waals surface area (Å²) in [6.45, 7) is 2.95. The summed E-state index contributed by atoms with van der Waals surface area (Å²) in [5, 5.41) is 12.2. The topological polar surface area (TPSA) is 49.0 Å². The van der Waals surface area contributed by atoms with Gasteiger partial charge < -0.3 is 9.73 Å². The van der Waals surface area contributed by atoms with Crippen molar-refractivity contribution in [3.63, 3.8) is 0 Å². The Morgan fingerprint density at radius 3 is 2.80 bits per heavy atom.